The summed E-state index contributed by atoms with van der Waals surface area (Å²) in [5.41, 5.74) is 6.26. The molecule has 0 radical (unpaired) electrons. The van der Waals surface area contributed by atoms with Crippen molar-refractivity contribution in [3.63, 3.8) is 0 Å². The van der Waals surface area contributed by atoms with Crippen molar-refractivity contribution in [1.82, 2.24) is 4.90 Å². The smallest absolute Gasteiger partial charge is 0.0503 e. The lowest BCUT2D eigenvalue weighted by Gasteiger charge is -2.19. The molecule has 2 rings (SSSR count). The van der Waals surface area contributed by atoms with Gasteiger partial charge >= 0.3 is 0 Å². The first-order valence-corrected chi connectivity index (χ1v) is 5.22. The van der Waals surface area contributed by atoms with Crippen molar-refractivity contribution in [3.05, 3.63) is 0 Å². The number of methoxy groups -OCH3 is 1. The standard InChI is InChI=1S/C10H20N2O/c1-13-7-9-2-5-12(6-9)8-10(11)3-4-10/h9H,2-8,11H2,1H3. The van der Waals surface area contributed by atoms with E-state index in [9.17, 15) is 0 Å². The Labute approximate surface area is 80.2 Å². The molecule has 1 unspecified atom stereocenters. The number of nitrogens with two attached hydrogens (primary N) is 1. The van der Waals surface area contributed by atoms with E-state index in [1.807, 2.05) is 0 Å². The fourth-order valence-corrected chi connectivity index (χ4v) is 2.19. The van der Waals surface area contributed by atoms with Gasteiger partial charge in [-0.3, -0.25) is 0 Å². The Bertz CT molecular complexity index is 180. The summed E-state index contributed by atoms with van der Waals surface area (Å²) < 4.78 is 5.16. The van der Waals surface area contributed by atoms with Gasteiger partial charge in [0.2, 0.25) is 0 Å². The van der Waals surface area contributed by atoms with E-state index in [0.717, 1.165) is 19.1 Å². The maximum atomic E-state index is 6.07. The van der Waals surface area contributed by atoms with Crippen LogP contribution >= 0.6 is 0 Å². The Balaban J connectivity index is 1.71. The number of likely N-dealkylation sites (tertiary alicyclic amines) is 1. The van der Waals surface area contributed by atoms with E-state index < -0.39 is 0 Å². The highest BCUT2D eigenvalue weighted by atomic mass is 16.5. The molecule has 0 amide bonds. The third-order valence-electron chi connectivity index (χ3n) is 3.20. The molecule has 1 atom stereocenters. The predicted octanol–water partition coefficient (Wildman–Crippen LogP) is 0.446. The topological polar surface area (TPSA) is 38.5 Å². The van der Waals surface area contributed by atoms with Crippen molar-refractivity contribution in [1.29, 1.82) is 0 Å². The van der Waals surface area contributed by atoms with Crippen molar-refractivity contribution in [3.8, 4) is 0 Å². The van der Waals surface area contributed by atoms with E-state index >= 15 is 0 Å². The molecule has 1 saturated heterocycles. The number of ether oxygens (including phenoxy) is 1. The van der Waals surface area contributed by atoms with Gasteiger partial charge in [-0.25, -0.2) is 0 Å². The summed E-state index contributed by atoms with van der Waals surface area (Å²) in [6, 6.07) is 0. The highest BCUT2D eigenvalue weighted by Crippen LogP contribution is 2.34. The summed E-state index contributed by atoms with van der Waals surface area (Å²) in [6.07, 6.45) is 3.72. The number of hydrogen-bond donors (Lipinski definition) is 1. The third kappa shape index (κ3) is 2.42. The molecular formula is C10H20N2O. The van der Waals surface area contributed by atoms with Gasteiger partial charge in [-0.1, -0.05) is 0 Å². The van der Waals surface area contributed by atoms with Gasteiger partial charge in [0, 0.05) is 25.7 Å². The summed E-state index contributed by atoms with van der Waals surface area (Å²) in [5, 5.41) is 0. The minimum absolute atomic E-state index is 0.183. The Hall–Kier alpha value is -0.120. The van der Waals surface area contributed by atoms with Gasteiger partial charge in [-0.2, -0.15) is 0 Å². The quantitative estimate of drug-likeness (QED) is 0.689. The molecular weight excluding hydrogens is 164 g/mol. The van der Waals surface area contributed by atoms with Crippen LogP contribution in [0.25, 0.3) is 0 Å². The van der Waals surface area contributed by atoms with Crippen LogP contribution in [0.3, 0.4) is 0 Å². The van der Waals surface area contributed by atoms with Crippen LogP contribution in [0.2, 0.25) is 0 Å². The summed E-state index contributed by atoms with van der Waals surface area (Å²) >= 11 is 0. The molecule has 1 saturated carbocycles. The van der Waals surface area contributed by atoms with Gasteiger partial charge in [0.25, 0.3) is 0 Å². The highest BCUT2D eigenvalue weighted by molar-refractivity contribution is 5.01. The van der Waals surface area contributed by atoms with Gasteiger partial charge in [0.15, 0.2) is 0 Å². The monoisotopic (exact) mass is 184 g/mol. The van der Waals surface area contributed by atoms with Crippen LogP contribution in [-0.4, -0.2) is 43.8 Å². The van der Waals surface area contributed by atoms with Gasteiger partial charge in [-0.05, 0) is 31.7 Å². The molecule has 0 aromatic carbocycles. The normalized spacial score (nSPS) is 32.3. The van der Waals surface area contributed by atoms with Crippen molar-refractivity contribution < 1.29 is 4.74 Å². The summed E-state index contributed by atoms with van der Waals surface area (Å²) in [4.78, 5) is 2.50. The lowest BCUT2D eigenvalue weighted by atomic mass is 10.1. The molecule has 0 aromatic heterocycles. The largest absolute Gasteiger partial charge is 0.384 e. The SMILES string of the molecule is COCC1CCN(CC2(N)CC2)C1. The Kier molecular flexibility index (Phi) is 2.58. The van der Waals surface area contributed by atoms with Crippen molar-refractivity contribution in [2.24, 2.45) is 11.7 Å². The fraction of sp³-hybridized carbons (Fsp3) is 1.00. The highest BCUT2D eigenvalue weighted by Gasteiger charge is 2.40. The molecule has 2 aliphatic rings. The maximum Gasteiger partial charge on any atom is 0.0503 e. The van der Waals surface area contributed by atoms with Gasteiger partial charge < -0.3 is 15.4 Å². The third-order valence-corrected chi connectivity index (χ3v) is 3.20. The first-order chi connectivity index (χ1) is 6.22. The molecule has 13 heavy (non-hydrogen) atoms. The minimum atomic E-state index is 0.183. The second-order valence-corrected chi connectivity index (χ2v) is 4.71. The van der Waals surface area contributed by atoms with Crippen molar-refractivity contribution in [2.45, 2.75) is 24.8 Å². The average Bonchev–Trinajstić information content (AvgIpc) is 2.61. The van der Waals surface area contributed by atoms with E-state index in [1.165, 1.54) is 32.4 Å². The molecule has 0 spiro atoms. The zero-order valence-electron chi connectivity index (χ0n) is 8.46. The summed E-state index contributed by atoms with van der Waals surface area (Å²) in [7, 11) is 1.79. The summed E-state index contributed by atoms with van der Waals surface area (Å²) in [6.45, 7) is 4.42. The van der Waals surface area contributed by atoms with E-state index in [0.29, 0.717) is 0 Å². The molecule has 3 heteroatoms. The van der Waals surface area contributed by atoms with E-state index in [1.54, 1.807) is 7.11 Å². The Morgan fingerprint density at radius 1 is 1.54 bits per heavy atom. The molecule has 0 bridgehead atoms. The molecule has 3 nitrogen and oxygen atoms in total. The van der Waals surface area contributed by atoms with Crippen LogP contribution in [0.5, 0.6) is 0 Å². The molecule has 2 fully saturated rings. The Morgan fingerprint density at radius 2 is 2.31 bits per heavy atom. The molecule has 2 N–H and O–H groups in total. The lowest BCUT2D eigenvalue weighted by molar-refractivity contribution is 0.152. The molecule has 76 valence electrons. The van der Waals surface area contributed by atoms with Crippen LogP contribution in [0.1, 0.15) is 19.3 Å². The predicted molar refractivity (Wildman–Crippen MR) is 52.6 cm³/mol. The number of rotatable bonds is 4. The molecule has 1 aliphatic carbocycles. The van der Waals surface area contributed by atoms with Crippen molar-refractivity contribution >= 4 is 0 Å². The van der Waals surface area contributed by atoms with Crippen LogP contribution in [-0.2, 0) is 4.74 Å². The lowest BCUT2D eigenvalue weighted by Crippen LogP contribution is -2.38. The average molecular weight is 184 g/mol. The van der Waals surface area contributed by atoms with E-state index in [-0.39, 0.29) is 5.54 Å². The second kappa shape index (κ2) is 3.56. The van der Waals surface area contributed by atoms with Crippen LogP contribution in [0.15, 0.2) is 0 Å². The van der Waals surface area contributed by atoms with E-state index in [4.69, 9.17) is 10.5 Å². The Morgan fingerprint density at radius 3 is 2.92 bits per heavy atom. The molecule has 1 aliphatic heterocycles. The van der Waals surface area contributed by atoms with Gasteiger partial charge in [0.05, 0.1) is 6.61 Å². The first-order valence-electron chi connectivity index (χ1n) is 5.22. The summed E-state index contributed by atoms with van der Waals surface area (Å²) in [5.74, 6) is 0.743. The zero-order chi connectivity index (χ0) is 9.31. The van der Waals surface area contributed by atoms with Crippen LogP contribution < -0.4 is 5.73 Å². The molecule has 0 aromatic rings. The number of nitrogens with zero attached hydrogens (tertiary/aromatic N) is 1. The van der Waals surface area contributed by atoms with E-state index in [2.05, 4.69) is 4.90 Å². The first kappa shape index (κ1) is 9.44. The van der Waals surface area contributed by atoms with Crippen molar-refractivity contribution in [2.75, 3.05) is 33.4 Å². The fourth-order valence-electron chi connectivity index (χ4n) is 2.19. The minimum Gasteiger partial charge on any atom is -0.384 e. The zero-order valence-corrected chi connectivity index (χ0v) is 8.46. The van der Waals surface area contributed by atoms with Gasteiger partial charge in [-0.15, -0.1) is 0 Å². The molecule has 1 heterocycles. The van der Waals surface area contributed by atoms with Crippen LogP contribution in [0, 0.1) is 5.92 Å². The maximum absolute atomic E-state index is 6.07. The second-order valence-electron chi connectivity index (χ2n) is 4.71. The number of hydrogen-bond acceptors (Lipinski definition) is 3. The van der Waals surface area contributed by atoms with Gasteiger partial charge in [0.1, 0.15) is 0 Å². The van der Waals surface area contributed by atoms with Crippen LogP contribution in [0.4, 0.5) is 0 Å².